The van der Waals surface area contributed by atoms with Crippen molar-refractivity contribution >= 4 is 21.7 Å². The van der Waals surface area contributed by atoms with Crippen molar-refractivity contribution in [1.82, 2.24) is 0 Å². The fourth-order valence-corrected chi connectivity index (χ4v) is 1.79. The summed E-state index contributed by atoms with van der Waals surface area (Å²) < 4.78 is 5.21. The summed E-state index contributed by atoms with van der Waals surface area (Å²) in [6, 6.07) is 0. The van der Waals surface area contributed by atoms with Gasteiger partial charge in [-0.1, -0.05) is 36.4 Å². The highest BCUT2D eigenvalue weighted by atomic mass is 79.9. The topological polar surface area (TPSA) is 26.3 Å². The molecule has 3 heteroatoms. The Kier molecular flexibility index (Phi) is 5.30. The Morgan fingerprint density at radius 3 is 2.46 bits per heavy atom. The van der Waals surface area contributed by atoms with Crippen LogP contribution in [0.15, 0.2) is 12.3 Å². The molecule has 0 unspecified atom stereocenters. The van der Waals surface area contributed by atoms with E-state index in [2.05, 4.69) is 22.5 Å². The SMILES string of the molecule is C=C(CC(C)(C)C(=O)CBr)OCC. The Balaban J connectivity index is 4.16. The van der Waals surface area contributed by atoms with Gasteiger partial charge in [-0.05, 0) is 6.92 Å². The van der Waals surface area contributed by atoms with E-state index in [1.54, 1.807) is 0 Å². The Morgan fingerprint density at radius 2 is 2.08 bits per heavy atom. The molecule has 0 aliphatic heterocycles. The van der Waals surface area contributed by atoms with E-state index >= 15 is 0 Å². The van der Waals surface area contributed by atoms with Crippen molar-refractivity contribution in [2.75, 3.05) is 11.9 Å². The number of allylic oxidation sites excluding steroid dienone is 1. The van der Waals surface area contributed by atoms with Gasteiger partial charge in [0.25, 0.3) is 0 Å². The lowest BCUT2D eigenvalue weighted by Crippen LogP contribution is -2.26. The van der Waals surface area contributed by atoms with Crippen molar-refractivity contribution in [3.05, 3.63) is 12.3 Å². The van der Waals surface area contributed by atoms with E-state index < -0.39 is 0 Å². The van der Waals surface area contributed by atoms with Gasteiger partial charge in [-0.15, -0.1) is 0 Å². The predicted octanol–water partition coefficient (Wildman–Crippen LogP) is 2.92. The van der Waals surface area contributed by atoms with Crippen LogP contribution in [0.25, 0.3) is 0 Å². The van der Waals surface area contributed by atoms with Gasteiger partial charge in [-0.2, -0.15) is 0 Å². The summed E-state index contributed by atoms with van der Waals surface area (Å²) in [5, 5.41) is 0.388. The van der Waals surface area contributed by atoms with Crippen molar-refractivity contribution in [2.24, 2.45) is 5.41 Å². The first-order valence-electron chi connectivity index (χ1n) is 4.34. The molecule has 2 nitrogen and oxygen atoms in total. The van der Waals surface area contributed by atoms with Crippen LogP contribution in [0.1, 0.15) is 27.2 Å². The molecule has 76 valence electrons. The standard InChI is InChI=1S/C10H17BrO2/c1-5-13-8(2)6-10(3,4)9(12)7-11/h2,5-7H2,1,3-4H3. The molecule has 0 rings (SSSR count). The molecule has 0 aliphatic rings. The van der Waals surface area contributed by atoms with Crippen molar-refractivity contribution in [1.29, 1.82) is 0 Å². The summed E-state index contributed by atoms with van der Waals surface area (Å²) >= 11 is 3.16. The van der Waals surface area contributed by atoms with Crippen LogP contribution in [0.3, 0.4) is 0 Å². The molecular weight excluding hydrogens is 232 g/mol. The molecule has 0 amide bonds. The highest BCUT2D eigenvalue weighted by Gasteiger charge is 2.27. The third-order valence-corrected chi connectivity index (χ3v) is 2.37. The number of hydrogen-bond acceptors (Lipinski definition) is 2. The summed E-state index contributed by atoms with van der Waals surface area (Å²) in [5.41, 5.74) is -0.379. The predicted molar refractivity (Wildman–Crippen MR) is 58.0 cm³/mol. The van der Waals surface area contributed by atoms with Crippen LogP contribution < -0.4 is 0 Å². The van der Waals surface area contributed by atoms with Gasteiger partial charge in [-0.3, -0.25) is 4.79 Å². The number of Topliss-reactive ketones (excluding diaryl/α,β-unsaturated/α-hetero) is 1. The Bertz CT molecular complexity index is 197. The number of halogens is 1. The second-order valence-corrected chi connectivity index (χ2v) is 4.15. The van der Waals surface area contributed by atoms with E-state index in [0.29, 0.717) is 24.1 Å². The third-order valence-electron chi connectivity index (χ3n) is 1.86. The van der Waals surface area contributed by atoms with E-state index in [4.69, 9.17) is 4.74 Å². The van der Waals surface area contributed by atoms with Crippen LogP contribution in [0.4, 0.5) is 0 Å². The molecule has 0 aromatic rings. The van der Waals surface area contributed by atoms with Crippen LogP contribution in [-0.2, 0) is 9.53 Å². The zero-order valence-corrected chi connectivity index (χ0v) is 10.1. The minimum atomic E-state index is -0.379. The van der Waals surface area contributed by atoms with E-state index in [9.17, 15) is 4.79 Å². The molecule has 0 aliphatic carbocycles. The molecule has 0 saturated carbocycles. The highest BCUT2D eigenvalue weighted by molar-refractivity contribution is 9.09. The number of rotatable bonds is 6. The molecule has 0 heterocycles. The Hall–Kier alpha value is -0.310. The van der Waals surface area contributed by atoms with Crippen molar-refractivity contribution in [2.45, 2.75) is 27.2 Å². The summed E-state index contributed by atoms with van der Waals surface area (Å²) in [7, 11) is 0. The normalized spacial score (nSPS) is 11.1. The molecular formula is C10H17BrO2. The van der Waals surface area contributed by atoms with Crippen LogP contribution in [0.2, 0.25) is 0 Å². The molecule has 0 spiro atoms. The monoisotopic (exact) mass is 248 g/mol. The van der Waals surface area contributed by atoms with E-state index in [1.165, 1.54) is 0 Å². The van der Waals surface area contributed by atoms with Crippen molar-refractivity contribution in [3.63, 3.8) is 0 Å². The summed E-state index contributed by atoms with van der Waals surface area (Å²) in [6.45, 7) is 10.1. The minimum absolute atomic E-state index is 0.174. The lowest BCUT2D eigenvalue weighted by atomic mass is 9.85. The zero-order valence-electron chi connectivity index (χ0n) is 8.52. The Morgan fingerprint density at radius 1 is 1.54 bits per heavy atom. The number of hydrogen-bond donors (Lipinski definition) is 0. The molecule has 0 saturated heterocycles. The van der Waals surface area contributed by atoms with E-state index in [1.807, 2.05) is 20.8 Å². The number of ketones is 1. The summed E-state index contributed by atoms with van der Waals surface area (Å²) in [4.78, 5) is 11.4. The second kappa shape index (κ2) is 5.43. The van der Waals surface area contributed by atoms with Gasteiger partial charge < -0.3 is 4.74 Å². The number of carbonyl (C=O) groups is 1. The third kappa shape index (κ3) is 4.46. The van der Waals surface area contributed by atoms with Gasteiger partial charge in [0.2, 0.25) is 0 Å². The summed E-state index contributed by atoms with van der Waals surface area (Å²) in [6.07, 6.45) is 0.589. The number of alkyl halides is 1. The van der Waals surface area contributed by atoms with E-state index in [-0.39, 0.29) is 11.2 Å². The summed E-state index contributed by atoms with van der Waals surface area (Å²) in [5.74, 6) is 0.857. The van der Waals surface area contributed by atoms with Crippen LogP contribution in [0.5, 0.6) is 0 Å². The fourth-order valence-electron chi connectivity index (χ4n) is 1.03. The molecule has 0 aromatic carbocycles. The fraction of sp³-hybridized carbons (Fsp3) is 0.700. The second-order valence-electron chi connectivity index (χ2n) is 3.59. The minimum Gasteiger partial charge on any atom is -0.499 e. The smallest absolute Gasteiger partial charge is 0.149 e. The largest absolute Gasteiger partial charge is 0.499 e. The van der Waals surface area contributed by atoms with Crippen LogP contribution in [-0.4, -0.2) is 17.7 Å². The van der Waals surface area contributed by atoms with Gasteiger partial charge in [0.05, 0.1) is 17.7 Å². The van der Waals surface area contributed by atoms with Gasteiger partial charge in [0.1, 0.15) is 5.78 Å². The number of ether oxygens (including phenoxy) is 1. The average Bonchev–Trinajstić information content (AvgIpc) is 2.02. The molecule has 0 bridgehead atoms. The maximum absolute atomic E-state index is 11.4. The first-order valence-corrected chi connectivity index (χ1v) is 5.46. The average molecular weight is 249 g/mol. The first kappa shape index (κ1) is 12.7. The highest BCUT2D eigenvalue weighted by Crippen LogP contribution is 2.26. The number of carbonyl (C=O) groups excluding carboxylic acids is 1. The van der Waals surface area contributed by atoms with Gasteiger partial charge in [-0.25, -0.2) is 0 Å². The van der Waals surface area contributed by atoms with Gasteiger partial charge in [0, 0.05) is 11.8 Å². The molecule has 13 heavy (non-hydrogen) atoms. The van der Waals surface area contributed by atoms with Gasteiger partial charge >= 0.3 is 0 Å². The maximum atomic E-state index is 11.4. The lowest BCUT2D eigenvalue weighted by Gasteiger charge is -2.22. The van der Waals surface area contributed by atoms with Crippen LogP contribution in [0, 0.1) is 5.41 Å². The first-order chi connectivity index (χ1) is 5.94. The molecule has 0 radical (unpaired) electrons. The zero-order chi connectivity index (χ0) is 10.5. The Labute approximate surface area is 88.5 Å². The van der Waals surface area contributed by atoms with Crippen molar-refractivity contribution in [3.8, 4) is 0 Å². The molecule has 0 N–H and O–H groups in total. The maximum Gasteiger partial charge on any atom is 0.149 e. The quantitative estimate of drug-likeness (QED) is 0.534. The lowest BCUT2D eigenvalue weighted by molar-refractivity contribution is -0.124. The van der Waals surface area contributed by atoms with Crippen molar-refractivity contribution < 1.29 is 9.53 Å². The van der Waals surface area contributed by atoms with Crippen LogP contribution >= 0.6 is 15.9 Å². The van der Waals surface area contributed by atoms with Gasteiger partial charge in [0.15, 0.2) is 0 Å². The molecule has 0 fully saturated rings. The molecule has 0 aromatic heterocycles. The molecule has 0 atom stereocenters. The van der Waals surface area contributed by atoms with E-state index in [0.717, 1.165) is 0 Å².